The van der Waals surface area contributed by atoms with Crippen molar-refractivity contribution in [3.05, 3.63) is 9.81 Å². The Balaban J connectivity index is 2.53. The Morgan fingerprint density at radius 2 is 1.87 bits per heavy atom. The first-order valence-corrected chi connectivity index (χ1v) is 9.53. The summed E-state index contributed by atoms with van der Waals surface area (Å²) in [5.41, 5.74) is -0.510. The topological polar surface area (TPSA) is 89.9 Å². The van der Waals surface area contributed by atoms with Crippen LogP contribution in [-0.4, -0.2) is 56.4 Å². The SMILES string of the molecule is CCCN1CCNC2(C)SC(=C(C(=O)O)C(=O)O)SC12CCC. The Morgan fingerprint density at radius 1 is 1.22 bits per heavy atom. The van der Waals surface area contributed by atoms with Gasteiger partial charge in [-0.05, 0) is 26.3 Å². The van der Waals surface area contributed by atoms with Crippen molar-refractivity contribution in [2.45, 2.75) is 49.8 Å². The molecule has 0 saturated carbocycles. The van der Waals surface area contributed by atoms with E-state index in [4.69, 9.17) is 0 Å². The van der Waals surface area contributed by atoms with E-state index in [2.05, 4.69) is 31.0 Å². The van der Waals surface area contributed by atoms with E-state index in [1.165, 1.54) is 23.5 Å². The normalized spacial score (nSPS) is 31.0. The number of aliphatic carboxylic acids is 2. The van der Waals surface area contributed by atoms with Crippen molar-refractivity contribution in [3.8, 4) is 0 Å². The molecule has 2 unspecified atom stereocenters. The van der Waals surface area contributed by atoms with Crippen LogP contribution >= 0.6 is 23.5 Å². The Kier molecular flexibility index (Phi) is 5.71. The number of nitrogens with zero attached hydrogens (tertiary/aromatic N) is 1. The Hall–Kier alpha value is -0.700. The molecule has 3 N–H and O–H groups in total. The van der Waals surface area contributed by atoms with Gasteiger partial charge in [0.15, 0.2) is 5.57 Å². The summed E-state index contributed by atoms with van der Waals surface area (Å²) in [6.45, 7) is 8.93. The van der Waals surface area contributed by atoms with Crippen LogP contribution in [0.1, 0.15) is 40.0 Å². The molecule has 2 saturated heterocycles. The third-order valence-electron chi connectivity index (χ3n) is 4.37. The second-order valence-corrected chi connectivity index (χ2v) is 8.93. The molecule has 0 spiro atoms. The van der Waals surface area contributed by atoms with Gasteiger partial charge in [0.25, 0.3) is 0 Å². The van der Waals surface area contributed by atoms with E-state index in [0.717, 1.165) is 38.9 Å². The van der Waals surface area contributed by atoms with E-state index in [-0.39, 0.29) is 4.87 Å². The highest BCUT2D eigenvalue weighted by Crippen LogP contribution is 2.64. The van der Waals surface area contributed by atoms with Gasteiger partial charge in [0.2, 0.25) is 0 Å². The van der Waals surface area contributed by atoms with Crippen molar-refractivity contribution in [2.24, 2.45) is 0 Å². The number of hydrogen-bond donors (Lipinski definition) is 3. The van der Waals surface area contributed by atoms with Gasteiger partial charge in [0.1, 0.15) is 4.87 Å². The molecule has 2 rings (SSSR count). The summed E-state index contributed by atoms with van der Waals surface area (Å²) in [7, 11) is 0. The van der Waals surface area contributed by atoms with Crippen molar-refractivity contribution < 1.29 is 19.8 Å². The minimum absolute atomic E-state index is 0.313. The van der Waals surface area contributed by atoms with E-state index in [9.17, 15) is 19.8 Å². The number of thioether (sulfide) groups is 2. The van der Waals surface area contributed by atoms with Crippen molar-refractivity contribution in [2.75, 3.05) is 19.6 Å². The third-order valence-corrected chi connectivity index (χ3v) is 7.88. The molecule has 6 nitrogen and oxygen atoms in total. The first-order chi connectivity index (χ1) is 10.8. The van der Waals surface area contributed by atoms with Gasteiger partial charge < -0.3 is 10.2 Å². The number of nitrogens with one attached hydrogen (secondary N) is 1. The number of piperazine rings is 1. The predicted octanol–water partition coefficient (Wildman–Crippen LogP) is 2.38. The fourth-order valence-corrected chi connectivity index (χ4v) is 7.41. The van der Waals surface area contributed by atoms with E-state index < -0.39 is 22.4 Å². The maximum Gasteiger partial charge on any atom is 0.344 e. The van der Waals surface area contributed by atoms with Gasteiger partial charge >= 0.3 is 11.9 Å². The molecule has 0 bridgehead atoms. The van der Waals surface area contributed by atoms with Crippen molar-refractivity contribution in [3.63, 3.8) is 0 Å². The summed E-state index contributed by atoms with van der Waals surface area (Å²) in [5.74, 6) is -2.74. The summed E-state index contributed by atoms with van der Waals surface area (Å²) in [6, 6.07) is 0. The number of carbonyl (C=O) groups is 2. The molecule has 0 aromatic carbocycles. The Labute approximate surface area is 145 Å². The highest BCUT2D eigenvalue weighted by atomic mass is 32.2. The van der Waals surface area contributed by atoms with E-state index in [0.29, 0.717) is 4.24 Å². The molecule has 0 amide bonds. The van der Waals surface area contributed by atoms with Crippen LogP contribution in [-0.2, 0) is 9.59 Å². The molecule has 0 aliphatic carbocycles. The van der Waals surface area contributed by atoms with Crippen LogP contribution in [0, 0.1) is 0 Å². The summed E-state index contributed by atoms with van der Waals surface area (Å²) in [5, 5.41) is 22.1. The molecule has 0 radical (unpaired) electrons. The predicted molar refractivity (Wildman–Crippen MR) is 93.4 cm³/mol. The molecular weight excluding hydrogens is 336 g/mol. The molecule has 0 aromatic rings. The third kappa shape index (κ3) is 3.14. The number of rotatable bonds is 6. The highest BCUT2D eigenvalue weighted by Gasteiger charge is 2.60. The van der Waals surface area contributed by atoms with Gasteiger partial charge in [0.05, 0.1) is 9.11 Å². The fraction of sp³-hybridized carbons (Fsp3) is 0.733. The molecule has 2 fully saturated rings. The lowest BCUT2D eigenvalue weighted by Gasteiger charge is -2.53. The average Bonchev–Trinajstić information content (AvgIpc) is 2.72. The quantitative estimate of drug-likeness (QED) is 0.378. The number of hydrogen-bond acceptors (Lipinski definition) is 6. The van der Waals surface area contributed by atoms with Gasteiger partial charge in [-0.2, -0.15) is 0 Å². The number of carboxylic acid groups (broad SMARTS) is 2. The monoisotopic (exact) mass is 360 g/mol. The molecule has 2 atom stereocenters. The van der Waals surface area contributed by atoms with Crippen LogP contribution in [0.4, 0.5) is 0 Å². The standard InChI is InChI=1S/C15H24N2O4S2/c1-4-6-15-14(3,16-7-9-17(15)8-5-2)22-13(23-15)10(11(18)19)12(20)21/h16H,4-9H2,1-3H3,(H,18,19)(H,20,21). The van der Waals surface area contributed by atoms with E-state index >= 15 is 0 Å². The first kappa shape index (κ1) is 18.6. The highest BCUT2D eigenvalue weighted by molar-refractivity contribution is 8.26. The van der Waals surface area contributed by atoms with Crippen LogP contribution < -0.4 is 5.32 Å². The Morgan fingerprint density at radius 3 is 2.39 bits per heavy atom. The Bertz CT molecular complexity index is 522. The van der Waals surface area contributed by atoms with Crippen LogP contribution in [0.25, 0.3) is 0 Å². The number of fused-ring (bicyclic) bond motifs is 1. The zero-order chi connectivity index (χ0) is 17.3. The van der Waals surface area contributed by atoms with Gasteiger partial charge in [-0.3, -0.25) is 10.2 Å². The minimum Gasteiger partial charge on any atom is -0.477 e. The molecule has 130 valence electrons. The smallest absolute Gasteiger partial charge is 0.344 e. The maximum atomic E-state index is 11.4. The molecular formula is C15H24N2O4S2. The number of carboxylic acids is 2. The lowest BCUT2D eigenvalue weighted by Crippen LogP contribution is -2.68. The zero-order valence-corrected chi connectivity index (χ0v) is 15.4. The average molecular weight is 361 g/mol. The van der Waals surface area contributed by atoms with Gasteiger partial charge in [-0.1, -0.05) is 43.8 Å². The molecule has 0 aromatic heterocycles. The summed E-state index contributed by atoms with van der Waals surface area (Å²) >= 11 is 2.78. The lowest BCUT2D eigenvalue weighted by molar-refractivity contribution is -0.140. The van der Waals surface area contributed by atoms with E-state index in [1.807, 2.05) is 0 Å². The van der Waals surface area contributed by atoms with Crippen molar-refractivity contribution >= 4 is 35.5 Å². The van der Waals surface area contributed by atoms with Crippen LogP contribution in [0.2, 0.25) is 0 Å². The minimum atomic E-state index is -1.37. The van der Waals surface area contributed by atoms with Gasteiger partial charge in [-0.25, -0.2) is 9.59 Å². The van der Waals surface area contributed by atoms with Gasteiger partial charge in [0, 0.05) is 13.1 Å². The van der Waals surface area contributed by atoms with Crippen LogP contribution in [0.3, 0.4) is 0 Å². The molecule has 2 aliphatic rings. The second-order valence-electron chi connectivity index (χ2n) is 5.96. The summed E-state index contributed by atoms with van der Waals surface area (Å²) in [6.07, 6.45) is 2.84. The fourth-order valence-electron chi connectivity index (χ4n) is 3.40. The molecule has 2 aliphatic heterocycles. The maximum absolute atomic E-state index is 11.4. The second kappa shape index (κ2) is 7.04. The molecule has 23 heavy (non-hydrogen) atoms. The summed E-state index contributed by atoms with van der Waals surface area (Å²) in [4.78, 5) is 24.5. The summed E-state index contributed by atoms with van der Waals surface area (Å²) < 4.78 is 0.399. The van der Waals surface area contributed by atoms with Crippen molar-refractivity contribution in [1.29, 1.82) is 0 Å². The molecule has 2 heterocycles. The largest absolute Gasteiger partial charge is 0.477 e. The lowest BCUT2D eigenvalue weighted by atomic mass is 9.98. The first-order valence-electron chi connectivity index (χ1n) is 7.90. The zero-order valence-electron chi connectivity index (χ0n) is 13.7. The van der Waals surface area contributed by atoms with Crippen LogP contribution in [0.5, 0.6) is 0 Å². The molecule has 8 heteroatoms. The van der Waals surface area contributed by atoms with E-state index in [1.54, 1.807) is 0 Å². The van der Waals surface area contributed by atoms with Crippen molar-refractivity contribution in [1.82, 2.24) is 10.2 Å². The van der Waals surface area contributed by atoms with Crippen LogP contribution in [0.15, 0.2) is 9.81 Å². The van der Waals surface area contributed by atoms with Gasteiger partial charge in [-0.15, -0.1) is 0 Å².